The molecule has 1 aromatic carbocycles. The Hall–Kier alpha value is -2.14. The van der Waals surface area contributed by atoms with Crippen LogP contribution in [0.4, 0.5) is 0 Å². The van der Waals surface area contributed by atoms with E-state index in [9.17, 15) is 14.7 Å². The zero-order valence-electron chi connectivity index (χ0n) is 16.6. The molecule has 3 aliphatic rings. The number of allylic oxidation sites excluding steroid dienone is 2. The maximum atomic E-state index is 12.7. The molecule has 1 aromatic rings. The largest absolute Gasteiger partial charge is 0.394 e. The minimum atomic E-state index is -0.202. The predicted octanol–water partition coefficient (Wildman–Crippen LogP) is 2.85. The van der Waals surface area contributed by atoms with E-state index in [1.54, 1.807) is 0 Å². The average Bonchev–Trinajstić information content (AvgIpc) is 3.54. The van der Waals surface area contributed by atoms with Gasteiger partial charge in [-0.3, -0.25) is 9.59 Å². The smallest absolute Gasteiger partial charge is 0.226 e. The van der Waals surface area contributed by atoms with Gasteiger partial charge in [0.25, 0.3) is 0 Å². The number of hydrogen-bond donors (Lipinski definition) is 2. The van der Waals surface area contributed by atoms with Crippen molar-refractivity contribution in [3.8, 4) is 0 Å². The Morgan fingerprint density at radius 1 is 1.14 bits per heavy atom. The Bertz CT molecular complexity index is 767. The van der Waals surface area contributed by atoms with Crippen molar-refractivity contribution < 1.29 is 14.7 Å². The SMILES string of the molecule is CC(=O)NC[C@H]1[C@@H](c2ccc(C3=CCCCC3)cc2)[C@@H](CO)N1C(=O)C1CC1. The molecule has 1 aliphatic heterocycles. The van der Waals surface area contributed by atoms with E-state index in [1.165, 1.54) is 30.9 Å². The van der Waals surface area contributed by atoms with Gasteiger partial charge in [-0.15, -0.1) is 0 Å². The predicted molar refractivity (Wildman–Crippen MR) is 109 cm³/mol. The fraction of sp³-hybridized carbons (Fsp3) is 0.565. The summed E-state index contributed by atoms with van der Waals surface area (Å²) in [5, 5.41) is 12.9. The molecule has 0 radical (unpaired) electrons. The highest BCUT2D eigenvalue weighted by molar-refractivity contribution is 5.83. The highest BCUT2D eigenvalue weighted by Gasteiger charge is 2.53. The number of hydrogen-bond acceptors (Lipinski definition) is 3. The number of nitrogens with one attached hydrogen (secondary N) is 1. The second-order valence-electron chi connectivity index (χ2n) is 8.40. The molecule has 2 fully saturated rings. The first kappa shape index (κ1) is 19.2. The number of likely N-dealkylation sites (tertiary alicyclic amines) is 1. The van der Waals surface area contributed by atoms with E-state index in [4.69, 9.17) is 0 Å². The Morgan fingerprint density at radius 2 is 1.89 bits per heavy atom. The van der Waals surface area contributed by atoms with Gasteiger partial charge in [0.15, 0.2) is 0 Å². The van der Waals surface area contributed by atoms with Crippen LogP contribution in [0.15, 0.2) is 30.3 Å². The number of amides is 2. The normalized spacial score (nSPS) is 27.0. The van der Waals surface area contributed by atoms with Gasteiger partial charge < -0.3 is 15.3 Å². The van der Waals surface area contributed by atoms with Crippen molar-refractivity contribution in [2.24, 2.45) is 5.92 Å². The highest BCUT2D eigenvalue weighted by Crippen LogP contribution is 2.44. The van der Waals surface area contributed by atoms with E-state index >= 15 is 0 Å². The van der Waals surface area contributed by atoms with Crippen molar-refractivity contribution >= 4 is 17.4 Å². The molecule has 2 amide bonds. The summed E-state index contributed by atoms with van der Waals surface area (Å²) in [5.74, 6) is 0.198. The van der Waals surface area contributed by atoms with Gasteiger partial charge in [0.05, 0.1) is 18.7 Å². The first-order valence-electron chi connectivity index (χ1n) is 10.6. The lowest BCUT2D eigenvalue weighted by atomic mass is 9.74. The molecule has 2 aliphatic carbocycles. The van der Waals surface area contributed by atoms with Crippen LogP contribution in [0, 0.1) is 5.92 Å². The van der Waals surface area contributed by atoms with Crippen molar-refractivity contribution in [1.29, 1.82) is 0 Å². The first-order valence-corrected chi connectivity index (χ1v) is 10.6. The third-order valence-electron chi connectivity index (χ3n) is 6.43. The molecule has 5 nitrogen and oxygen atoms in total. The number of aliphatic hydroxyl groups excluding tert-OH is 1. The van der Waals surface area contributed by atoms with E-state index in [2.05, 4.69) is 35.7 Å². The Labute approximate surface area is 166 Å². The molecular formula is C23H30N2O3. The maximum absolute atomic E-state index is 12.7. The fourth-order valence-electron chi connectivity index (χ4n) is 4.75. The molecule has 4 rings (SSSR count). The number of aliphatic hydroxyl groups is 1. The van der Waals surface area contributed by atoms with Crippen LogP contribution in [0.3, 0.4) is 0 Å². The van der Waals surface area contributed by atoms with Crippen LogP contribution in [-0.4, -0.2) is 47.1 Å². The summed E-state index contributed by atoms with van der Waals surface area (Å²) in [6, 6.07) is 8.32. The number of carbonyl (C=O) groups is 2. The molecule has 0 spiro atoms. The molecule has 150 valence electrons. The van der Waals surface area contributed by atoms with Gasteiger partial charge in [-0.1, -0.05) is 30.3 Å². The summed E-state index contributed by atoms with van der Waals surface area (Å²) >= 11 is 0. The highest BCUT2D eigenvalue weighted by atomic mass is 16.3. The van der Waals surface area contributed by atoms with Crippen LogP contribution >= 0.6 is 0 Å². The van der Waals surface area contributed by atoms with Crippen LogP contribution in [0.25, 0.3) is 5.57 Å². The number of carbonyl (C=O) groups excluding carboxylic acids is 2. The molecule has 1 saturated heterocycles. The van der Waals surface area contributed by atoms with E-state index in [-0.39, 0.29) is 42.3 Å². The van der Waals surface area contributed by atoms with Crippen LogP contribution < -0.4 is 5.32 Å². The van der Waals surface area contributed by atoms with Gasteiger partial charge in [0, 0.05) is 25.3 Å². The zero-order chi connectivity index (χ0) is 19.7. The number of nitrogens with zero attached hydrogens (tertiary/aromatic N) is 1. The molecule has 5 heteroatoms. The molecule has 0 aromatic heterocycles. The summed E-state index contributed by atoms with van der Waals surface area (Å²) in [5.41, 5.74) is 3.83. The molecule has 28 heavy (non-hydrogen) atoms. The molecule has 1 saturated carbocycles. The van der Waals surface area contributed by atoms with Crippen molar-refractivity contribution in [2.75, 3.05) is 13.2 Å². The lowest BCUT2D eigenvalue weighted by molar-refractivity contribution is -0.152. The van der Waals surface area contributed by atoms with Crippen molar-refractivity contribution in [3.63, 3.8) is 0 Å². The van der Waals surface area contributed by atoms with Gasteiger partial charge in [-0.2, -0.15) is 0 Å². The second-order valence-corrected chi connectivity index (χ2v) is 8.40. The quantitative estimate of drug-likeness (QED) is 0.795. The van der Waals surface area contributed by atoms with Gasteiger partial charge in [-0.05, 0) is 55.2 Å². The average molecular weight is 383 g/mol. The third-order valence-corrected chi connectivity index (χ3v) is 6.43. The van der Waals surface area contributed by atoms with Crippen molar-refractivity contribution in [3.05, 3.63) is 41.5 Å². The maximum Gasteiger partial charge on any atom is 0.226 e. The van der Waals surface area contributed by atoms with Gasteiger partial charge >= 0.3 is 0 Å². The molecule has 0 unspecified atom stereocenters. The Morgan fingerprint density at radius 3 is 2.46 bits per heavy atom. The van der Waals surface area contributed by atoms with Gasteiger partial charge in [0.2, 0.25) is 11.8 Å². The standard InChI is InChI=1S/C23H30N2O3/c1-15(27)24-13-20-22(21(14-26)25(20)23(28)19-11-12-19)18-9-7-17(8-10-18)16-5-3-2-4-6-16/h5,7-10,19-22,26H,2-4,6,11-14H2,1H3,(H,24,27)/t20-,21+,22+/m0/s1. The monoisotopic (exact) mass is 382 g/mol. The lowest BCUT2D eigenvalue weighted by Gasteiger charge is -2.55. The first-order chi connectivity index (χ1) is 13.6. The molecule has 3 atom stereocenters. The van der Waals surface area contributed by atoms with Gasteiger partial charge in [0.1, 0.15) is 0 Å². The van der Waals surface area contributed by atoms with Crippen LogP contribution in [0.1, 0.15) is 62.5 Å². The minimum absolute atomic E-state index is 0.0490. The van der Waals surface area contributed by atoms with Crippen LogP contribution in [0.5, 0.6) is 0 Å². The minimum Gasteiger partial charge on any atom is -0.394 e. The van der Waals surface area contributed by atoms with E-state index in [1.807, 2.05) is 4.90 Å². The summed E-state index contributed by atoms with van der Waals surface area (Å²) in [6.07, 6.45) is 9.04. The molecular weight excluding hydrogens is 352 g/mol. The zero-order valence-corrected chi connectivity index (χ0v) is 16.6. The van der Waals surface area contributed by atoms with E-state index in [0.717, 1.165) is 31.2 Å². The Balaban J connectivity index is 1.55. The van der Waals surface area contributed by atoms with Crippen molar-refractivity contribution in [2.45, 2.75) is 63.5 Å². The summed E-state index contributed by atoms with van der Waals surface area (Å²) in [4.78, 5) is 26.0. The summed E-state index contributed by atoms with van der Waals surface area (Å²) < 4.78 is 0. The third kappa shape index (κ3) is 3.72. The lowest BCUT2D eigenvalue weighted by Crippen LogP contribution is -2.68. The fourth-order valence-corrected chi connectivity index (χ4v) is 4.75. The number of benzene rings is 1. The van der Waals surface area contributed by atoms with E-state index in [0.29, 0.717) is 6.54 Å². The summed E-state index contributed by atoms with van der Waals surface area (Å²) in [7, 11) is 0. The number of rotatable bonds is 6. The molecule has 1 heterocycles. The Kier molecular flexibility index (Phi) is 5.54. The van der Waals surface area contributed by atoms with E-state index < -0.39 is 0 Å². The van der Waals surface area contributed by atoms with Gasteiger partial charge in [-0.25, -0.2) is 0 Å². The molecule has 0 bridgehead atoms. The molecule has 2 N–H and O–H groups in total. The topological polar surface area (TPSA) is 69.6 Å². The van der Waals surface area contributed by atoms with Crippen LogP contribution in [-0.2, 0) is 9.59 Å². The van der Waals surface area contributed by atoms with Crippen LogP contribution in [0.2, 0.25) is 0 Å². The summed E-state index contributed by atoms with van der Waals surface area (Å²) in [6.45, 7) is 1.88. The second kappa shape index (κ2) is 8.08. The van der Waals surface area contributed by atoms with Crippen molar-refractivity contribution in [1.82, 2.24) is 10.2 Å².